The van der Waals surface area contributed by atoms with Gasteiger partial charge in [0.15, 0.2) is 11.4 Å². The first-order chi connectivity index (χ1) is 11.1. The molecule has 1 aliphatic heterocycles. The van der Waals surface area contributed by atoms with Crippen LogP contribution in [0, 0.1) is 11.3 Å². The van der Waals surface area contributed by atoms with Crippen LogP contribution >= 0.6 is 15.9 Å². The van der Waals surface area contributed by atoms with Crippen molar-refractivity contribution >= 4 is 38.5 Å². The molecule has 23 heavy (non-hydrogen) atoms. The van der Waals surface area contributed by atoms with Gasteiger partial charge in [0, 0.05) is 30.6 Å². The Morgan fingerprint density at radius 1 is 1.39 bits per heavy atom. The lowest BCUT2D eigenvalue weighted by atomic mass is 10.3. The summed E-state index contributed by atoms with van der Waals surface area (Å²) >= 11 is 3.53. The molecule has 0 unspecified atom stereocenters. The third-order valence-electron chi connectivity index (χ3n) is 3.86. The van der Waals surface area contributed by atoms with Crippen molar-refractivity contribution in [2.45, 2.75) is 13.1 Å². The molecule has 0 saturated heterocycles. The first kappa shape index (κ1) is 14.2. The van der Waals surface area contributed by atoms with Crippen LogP contribution in [0.1, 0.15) is 11.5 Å². The summed E-state index contributed by atoms with van der Waals surface area (Å²) in [6, 6.07) is 5.72. The zero-order chi connectivity index (χ0) is 16.0. The van der Waals surface area contributed by atoms with Crippen molar-refractivity contribution in [3.05, 3.63) is 34.3 Å². The number of nitrogens with one attached hydrogen (secondary N) is 1. The van der Waals surface area contributed by atoms with Crippen molar-refractivity contribution in [3.63, 3.8) is 0 Å². The fourth-order valence-electron chi connectivity index (χ4n) is 2.70. The minimum atomic E-state index is 0.264. The molecule has 4 rings (SSSR count). The third-order valence-corrected chi connectivity index (χ3v) is 4.66. The maximum absolute atomic E-state index is 8.94. The van der Waals surface area contributed by atoms with Gasteiger partial charge in [-0.3, -0.25) is 9.58 Å². The summed E-state index contributed by atoms with van der Waals surface area (Å²) in [5.74, 6) is 1.67. The Morgan fingerprint density at radius 2 is 2.26 bits per heavy atom. The number of pyridine rings is 1. The molecule has 3 aromatic rings. The molecule has 0 saturated carbocycles. The predicted octanol–water partition coefficient (Wildman–Crippen LogP) is 2.85. The zero-order valence-electron chi connectivity index (χ0n) is 12.4. The van der Waals surface area contributed by atoms with Crippen molar-refractivity contribution in [2.24, 2.45) is 0 Å². The fourth-order valence-corrected chi connectivity index (χ4v) is 3.21. The van der Waals surface area contributed by atoms with Crippen LogP contribution in [0.2, 0.25) is 0 Å². The fraction of sp³-hybridized carbons (Fsp3) is 0.267. The summed E-state index contributed by atoms with van der Waals surface area (Å²) in [5.41, 5.74) is 1.75. The second-order valence-electron chi connectivity index (χ2n) is 5.53. The molecular formula is C15H13BrN6O. The molecule has 0 fully saturated rings. The zero-order valence-corrected chi connectivity index (χ0v) is 14.0. The topological polar surface area (TPSA) is 82.9 Å². The van der Waals surface area contributed by atoms with Gasteiger partial charge in [0.1, 0.15) is 11.9 Å². The molecule has 0 radical (unpaired) electrons. The van der Waals surface area contributed by atoms with Gasteiger partial charge in [0.25, 0.3) is 0 Å². The van der Waals surface area contributed by atoms with E-state index < -0.39 is 0 Å². The van der Waals surface area contributed by atoms with Crippen LogP contribution in [-0.4, -0.2) is 33.3 Å². The highest BCUT2D eigenvalue weighted by atomic mass is 79.9. The van der Waals surface area contributed by atoms with Gasteiger partial charge < -0.3 is 9.73 Å². The average molecular weight is 373 g/mol. The van der Waals surface area contributed by atoms with E-state index in [9.17, 15) is 0 Å². The van der Waals surface area contributed by atoms with Gasteiger partial charge in [-0.1, -0.05) is 0 Å². The number of rotatable bonds is 2. The lowest BCUT2D eigenvalue weighted by molar-refractivity contribution is 0.259. The molecule has 8 heteroatoms. The Kier molecular flexibility index (Phi) is 3.32. The van der Waals surface area contributed by atoms with Gasteiger partial charge in [0.2, 0.25) is 5.76 Å². The SMILES string of the molecule is CN1CCn2nc(Nc3ncc4oc(C#N)cc4c3Br)cc2C1. The number of nitriles is 1. The number of furan rings is 1. The molecule has 116 valence electrons. The Morgan fingerprint density at radius 3 is 3.09 bits per heavy atom. The molecule has 1 aliphatic rings. The third kappa shape index (κ3) is 2.48. The minimum Gasteiger partial charge on any atom is -0.444 e. The van der Waals surface area contributed by atoms with E-state index in [1.54, 1.807) is 12.3 Å². The van der Waals surface area contributed by atoms with E-state index in [4.69, 9.17) is 9.68 Å². The normalized spacial score (nSPS) is 14.7. The number of aromatic nitrogens is 3. The number of anilines is 2. The first-order valence-electron chi connectivity index (χ1n) is 7.14. The smallest absolute Gasteiger partial charge is 0.204 e. The largest absolute Gasteiger partial charge is 0.444 e. The van der Waals surface area contributed by atoms with Gasteiger partial charge in [-0.2, -0.15) is 10.4 Å². The monoisotopic (exact) mass is 372 g/mol. The van der Waals surface area contributed by atoms with Crippen molar-refractivity contribution in [3.8, 4) is 6.07 Å². The van der Waals surface area contributed by atoms with Gasteiger partial charge in [0.05, 0.1) is 22.9 Å². The quantitative estimate of drug-likeness (QED) is 0.744. The Hall–Kier alpha value is -2.37. The maximum atomic E-state index is 8.94. The van der Waals surface area contributed by atoms with Crippen LogP contribution in [0.15, 0.2) is 27.2 Å². The summed E-state index contributed by atoms with van der Waals surface area (Å²) in [4.78, 5) is 6.61. The molecular weight excluding hydrogens is 360 g/mol. The van der Waals surface area contributed by atoms with Crippen molar-refractivity contribution in [2.75, 3.05) is 18.9 Å². The van der Waals surface area contributed by atoms with E-state index in [-0.39, 0.29) is 5.76 Å². The van der Waals surface area contributed by atoms with E-state index in [2.05, 4.69) is 43.3 Å². The van der Waals surface area contributed by atoms with Crippen LogP contribution in [0.25, 0.3) is 11.0 Å². The average Bonchev–Trinajstić information content (AvgIpc) is 3.13. The first-order valence-corrected chi connectivity index (χ1v) is 7.94. The molecule has 1 N–H and O–H groups in total. The highest BCUT2D eigenvalue weighted by Gasteiger charge is 2.17. The molecule has 0 spiro atoms. The lowest BCUT2D eigenvalue weighted by Crippen LogP contribution is -2.30. The Labute approximate surface area is 140 Å². The van der Waals surface area contributed by atoms with Gasteiger partial charge in [-0.25, -0.2) is 4.98 Å². The second kappa shape index (κ2) is 5.37. The van der Waals surface area contributed by atoms with Crippen LogP contribution in [-0.2, 0) is 13.1 Å². The molecule has 0 aliphatic carbocycles. The van der Waals surface area contributed by atoms with E-state index >= 15 is 0 Å². The highest BCUT2D eigenvalue weighted by molar-refractivity contribution is 9.10. The number of likely N-dealkylation sites (N-methyl/N-ethyl adjacent to an activating group) is 1. The molecule has 4 heterocycles. The molecule has 0 amide bonds. The predicted molar refractivity (Wildman–Crippen MR) is 88.3 cm³/mol. The summed E-state index contributed by atoms with van der Waals surface area (Å²) in [6.07, 6.45) is 1.60. The number of hydrogen-bond acceptors (Lipinski definition) is 6. The standard InChI is InChI=1S/C15H13BrN6O/c1-21-2-3-22-9(8-21)4-13(20-22)19-15-14(16)11-5-10(6-17)23-12(11)7-18-15/h4-5,7H,2-3,8H2,1H3,(H,18,19,20). The molecule has 0 bridgehead atoms. The van der Waals surface area contributed by atoms with Crippen LogP contribution < -0.4 is 5.32 Å². The summed E-state index contributed by atoms with van der Waals surface area (Å²) < 4.78 is 8.14. The van der Waals surface area contributed by atoms with E-state index in [0.717, 1.165) is 35.3 Å². The van der Waals surface area contributed by atoms with Crippen molar-refractivity contribution in [1.82, 2.24) is 19.7 Å². The Bertz CT molecular complexity index is 937. The lowest BCUT2D eigenvalue weighted by Gasteiger charge is -2.22. The van der Waals surface area contributed by atoms with Crippen LogP contribution in [0.3, 0.4) is 0 Å². The number of nitrogens with zero attached hydrogens (tertiary/aromatic N) is 5. The number of fused-ring (bicyclic) bond motifs is 2. The van der Waals surface area contributed by atoms with Crippen molar-refractivity contribution in [1.29, 1.82) is 5.26 Å². The molecule has 0 aromatic carbocycles. The second-order valence-corrected chi connectivity index (χ2v) is 6.32. The van der Waals surface area contributed by atoms with Gasteiger partial charge >= 0.3 is 0 Å². The van der Waals surface area contributed by atoms with Crippen LogP contribution in [0.4, 0.5) is 11.6 Å². The number of halogens is 1. The summed E-state index contributed by atoms with van der Waals surface area (Å²) in [6.45, 7) is 2.76. The molecule has 0 atom stereocenters. The Balaban J connectivity index is 1.68. The van der Waals surface area contributed by atoms with Gasteiger partial charge in [-0.15, -0.1) is 0 Å². The highest BCUT2D eigenvalue weighted by Crippen LogP contribution is 2.33. The summed E-state index contributed by atoms with van der Waals surface area (Å²) in [5, 5.41) is 17.5. The van der Waals surface area contributed by atoms with Gasteiger partial charge in [-0.05, 0) is 23.0 Å². The minimum absolute atomic E-state index is 0.264. The van der Waals surface area contributed by atoms with Crippen LogP contribution in [0.5, 0.6) is 0 Å². The molecule has 7 nitrogen and oxygen atoms in total. The van der Waals surface area contributed by atoms with Crippen molar-refractivity contribution < 1.29 is 4.42 Å². The molecule has 3 aromatic heterocycles. The maximum Gasteiger partial charge on any atom is 0.204 e. The van der Waals surface area contributed by atoms with E-state index in [1.807, 2.05) is 16.8 Å². The van der Waals surface area contributed by atoms with E-state index in [0.29, 0.717) is 11.4 Å². The number of hydrogen-bond donors (Lipinski definition) is 1. The van der Waals surface area contributed by atoms with E-state index in [1.165, 1.54) is 5.69 Å². The summed E-state index contributed by atoms with van der Waals surface area (Å²) in [7, 11) is 2.10.